The Kier molecular flexibility index (Phi) is 5.54. The fourth-order valence-corrected chi connectivity index (χ4v) is 4.80. The van der Waals surface area contributed by atoms with Crippen molar-refractivity contribution in [1.82, 2.24) is 25.2 Å². The van der Waals surface area contributed by atoms with E-state index in [1.807, 2.05) is 24.3 Å². The molecule has 0 fully saturated rings. The number of hydrogen-bond acceptors (Lipinski definition) is 7. The third kappa shape index (κ3) is 4.31. The lowest BCUT2D eigenvalue weighted by Crippen LogP contribution is -2.28. The highest BCUT2D eigenvalue weighted by Gasteiger charge is 2.26. The molecule has 0 saturated heterocycles. The van der Waals surface area contributed by atoms with Crippen LogP contribution in [0.1, 0.15) is 17.7 Å². The molecule has 7 heteroatoms. The van der Waals surface area contributed by atoms with Crippen molar-refractivity contribution in [3.05, 3.63) is 90.3 Å². The topological polar surface area (TPSA) is 75.2 Å². The molecule has 0 saturated carbocycles. The molecule has 1 aromatic carbocycles. The van der Waals surface area contributed by atoms with E-state index < -0.39 is 0 Å². The van der Waals surface area contributed by atoms with Crippen LogP contribution in [0.5, 0.6) is 5.75 Å². The standard InChI is InChI=1S/C28H28N6O/c1-18-15-21(4-8-26(18)35-22-5-3-20-11-14-34(2)25(20)16-22)32-28-27-24(30-17-31-28)7-6-23(33-27)19-9-12-29-13-10-19/h3-9,11,14-17,20,25,29H,10,12-13H2,1-2H3,(H,30,31,32). The van der Waals surface area contributed by atoms with Crippen LogP contribution < -0.4 is 15.4 Å². The average molecular weight is 465 g/mol. The van der Waals surface area contributed by atoms with Crippen molar-refractivity contribution in [2.24, 2.45) is 5.92 Å². The summed E-state index contributed by atoms with van der Waals surface area (Å²) in [5.74, 6) is 2.82. The minimum atomic E-state index is 0.320. The van der Waals surface area contributed by atoms with Crippen molar-refractivity contribution in [3.63, 3.8) is 0 Å². The van der Waals surface area contributed by atoms with E-state index in [1.165, 1.54) is 5.57 Å². The summed E-state index contributed by atoms with van der Waals surface area (Å²) in [7, 11) is 2.10. The Morgan fingerprint density at radius 1 is 1.14 bits per heavy atom. The molecule has 2 aromatic heterocycles. The summed E-state index contributed by atoms with van der Waals surface area (Å²) in [6.07, 6.45) is 15.5. The second kappa shape index (κ2) is 9.00. The first-order chi connectivity index (χ1) is 17.1. The van der Waals surface area contributed by atoms with Gasteiger partial charge in [0.05, 0.1) is 17.3 Å². The van der Waals surface area contributed by atoms with E-state index in [9.17, 15) is 0 Å². The monoisotopic (exact) mass is 464 g/mol. The van der Waals surface area contributed by atoms with Crippen LogP contribution in [0.3, 0.4) is 0 Å². The van der Waals surface area contributed by atoms with E-state index >= 15 is 0 Å². The number of anilines is 2. The summed E-state index contributed by atoms with van der Waals surface area (Å²) in [4.78, 5) is 16.0. The second-order valence-electron chi connectivity index (χ2n) is 9.18. The molecule has 0 radical (unpaired) electrons. The number of hydrogen-bond donors (Lipinski definition) is 2. The van der Waals surface area contributed by atoms with E-state index in [2.05, 4.69) is 82.1 Å². The van der Waals surface area contributed by atoms with Crippen LogP contribution in [0.2, 0.25) is 0 Å². The number of rotatable bonds is 5. The van der Waals surface area contributed by atoms with Gasteiger partial charge in [-0.2, -0.15) is 0 Å². The Morgan fingerprint density at radius 3 is 2.94 bits per heavy atom. The van der Waals surface area contributed by atoms with E-state index in [1.54, 1.807) is 6.33 Å². The molecule has 35 heavy (non-hydrogen) atoms. The number of allylic oxidation sites excluding steroid dienone is 1. The van der Waals surface area contributed by atoms with Gasteiger partial charge in [-0.3, -0.25) is 0 Å². The van der Waals surface area contributed by atoms with Crippen molar-refractivity contribution in [1.29, 1.82) is 0 Å². The van der Waals surface area contributed by atoms with Gasteiger partial charge in [0.15, 0.2) is 5.82 Å². The molecule has 3 aromatic rings. The molecule has 2 N–H and O–H groups in total. The predicted molar refractivity (Wildman–Crippen MR) is 139 cm³/mol. The van der Waals surface area contributed by atoms with Crippen molar-refractivity contribution < 1.29 is 4.74 Å². The lowest BCUT2D eigenvalue weighted by Gasteiger charge is -2.25. The van der Waals surface area contributed by atoms with Crippen LogP contribution in [-0.4, -0.2) is 46.0 Å². The summed E-state index contributed by atoms with van der Waals surface area (Å²) in [6.45, 7) is 3.90. The van der Waals surface area contributed by atoms with Gasteiger partial charge in [0.2, 0.25) is 0 Å². The molecule has 2 aliphatic heterocycles. The van der Waals surface area contributed by atoms with Crippen LogP contribution >= 0.6 is 0 Å². The van der Waals surface area contributed by atoms with Crippen LogP contribution in [0.4, 0.5) is 11.5 Å². The fourth-order valence-electron chi connectivity index (χ4n) is 4.80. The Balaban J connectivity index is 1.23. The Bertz CT molecular complexity index is 1410. The smallest absolute Gasteiger partial charge is 0.160 e. The SMILES string of the molecule is Cc1cc(Nc2ncnc3ccc(C4=CCNCC4)nc23)ccc1OC1=CC2C(C=C1)C=CN2C. The molecule has 7 nitrogen and oxygen atoms in total. The first-order valence-corrected chi connectivity index (χ1v) is 12.0. The summed E-state index contributed by atoms with van der Waals surface area (Å²) in [6, 6.07) is 10.5. The number of nitrogens with one attached hydrogen (secondary N) is 2. The maximum Gasteiger partial charge on any atom is 0.160 e. The maximum absolute atomic E-state index is 6.24. The Morgan fingerprint density at radius 2 is 2.09 bits per heavy atom. The zero-order valence-electron chi connectivity index (χ0n) is 19.9. The number of ether oxygens (including phenoxy) is 1. The number of pyridine rings is 1. The Labute approximate surface area is 205 Å². The van der Waals surface area contributed by atoms with Gasteiger partial charge in [-0.1, -0.05) is 18.2 Å². The molecule has 4 heterocycles. The zero-order valence-corrected chi connectivity index (χ0v) is 19.9. The molecular formula is C28H28N6O. The van der Waals surface area contributed by atoms with Gasteiger partial charge >= 0.3 is 0 Å². The normalized spacial score (nSPS) is 21.0. The average Bonchev–Trinajstić information content (AvgIpc) is 3.26. The summed E-state index contributed by atoms with van der Waals surface area (Å²) in [5.41, 5.74) is 5.79. The fraction of sp³-hybridized carbons (Fsp3) is 0.250. The van der Waals surface area contributed by atoms with Gasteiger partial charge in [-0.25, -0.2) is 15.0 Å². The van der Waals surface area contributed by atoms with Gasteiger partial charge in [0, 0.05) is 25.2 Å². The van der Waals surface area contributed by atoms with Crippen molar-refractivity contribution >= 4 is 28.1 Å². The minimum absolute atomic E-state index is 0.320. The minimum Gasteiger partial charge on any atom is -0.457 e. The molecule has 176 valence electrons. The molecule has 6 rings (SSSR count). The summed E-state index contributed by atoms with van der Waals surface area (Å²) >= 11 is 0. The number of aromatic nitrogens is 3. The van der Waals surface area contributed by atoms with Crippen LogP contribution in [-0.2, 0) is 0 Å². The largest absolute Gasteiger partial charge is 0.457 e. The number of aryl methyl sites for hydroxylation is 1. The molecule has 2 unspecified atom stereocenters. The highest BCUT2D eigenvalue weighted by atomic mass is 16.5. The summed E-state index contributed by atoms with van der Waals surface area (Å²) in [5, 5.41) is 6.79. The zero-order chi connectivity index (χ0) is 23.8. The van der Waals surface area contributed by atoms with E-state index in [0.29, 0.717) is 17.8 Å². The van der Waals surface area contributed by atoms with Crippen LogP contribution in [0, 0.1) is 12.8 Å². The number of fused-ring (bicyclic) bond motifs is 2. The maximum atomic E-state index is 6.24. The molecule has 2 atom stereocenters. The van der Waals surface area contributed by atoms with Crippen molar-refractivity contribution in [3.8, 4) is 5.75 Å². The Hall–Kier alpha value is -3.97. The first kappa shape index (κ1) is 21.6. The van der Waals surface area contributed by atoms with E-state index in [-0.39, 0.29) is 0 Å². The van der Waals surface area contributed by atoms with Gasteiger partial charge in [0.1, 0.15) is 23.4 Å². The lowest BCUT2D eigenvalue weighted by atomic mass is 9.96. The lowest BCUT2D eigenvalue weighted by molar-refractivity contribution is 0.357. The molecule has 0 spiro atoms. The second-order valence-corrected chi connectivity index (χ2v) is 9.18. The number of likely N-dealkylation sites (N-methyl/N-ethyl adjacent to an activating group) is 1. The van der Waals surface area contributed by atoms with Gasteiger partial charge in [-0.05, 0) is 79.7 Å². The van der Waals surface area contributed by atoms with Crippen molar-refractivity contribution in [2.75, 3.05) is 25.5 Å². The molecule has 1 aliphatic carbocycles. The molecule has 3 aliphatic rings. The van der Waals surface area contributed by atoms with E-state index in [0.717, 1.165) is 59.0 Å². The highest BCUT2D eigenvalue weighted by molar-refractivity contribution is 5.88. The molecular weight excluding hydrogens is 436 g/mol. The van der Waals surface area contributed by atoms with Crippen molar-refractivity contribution in [2.45, 2.75) is 19.4 Å². The van der Waals surface area contributed by atoms with Crippen LogP contribution in [0.25, 0.3) is 16.6 Å². The third-order valence-corrected chi connectivity index (χ3v) is 6.77. The highest BCUT2D eigenvalue weighted by Crippen LogP contribution is 2.31. The molecule has 0 bridgehead atoms. The predicted octanol–water partition coefficient (Wildman–Crippen LogP) is 4.73. The quantitative estimate of drug-likeness (QED) is 0.565. The first-order valence-electron chi connectivity index (χ1n) is 12.0. The molecule has 0 amide bonds. The summed E-state index contributed by atoms with van der Waals surface area (Å²) < 4.78 is 6.24. The van der Waals surface area contributed by atoms with Gasteiger partial charge < -0.3 is 20.3 Å². The van der Waals surface area contributed by atoms with Crippen LogP contribution in [0.15, 0.2) is 79.0 Å². The third-order valence-electron chi connectivity index (χ3n) is 6.77. The number of benzene rings is 1. The number of nitrogens with zero attached hydrogens (tertiary/aromatic N) is 4. The van der Waals surface area contributed by atoms with Gasteiger partial charge in [-0.15, -0.1) is 0 Å². The van der Waals surface area contributed by atoms with E-state index in [4.69, 9.17) is 9.72 Å². The van der Waals surface area contributed by atoms with Gasteiger partial charge in [0.25, 0.3) is 0 Å².